The second-order valence-electron chi connectivity index (χ2n) is 7.91. The summed E-state index contributed by atoms with van der Waals surface area (Å²) in [6.07, 6.45) is 0. The minimum absolute atomic E-state index is 0. The summed E-state index contributed by atoms with van der Waals surface area (Å²) in [6, 6.07) is 32.5. The van der Waals surface area contributed by atoms with E-state index in [4.69, 9.17) is 10.2 Å². The van der Waals surface area contributed by atoms with Crippen LogP contribution in [0.2, 0.25) is 0 Å². The molecule has 0 fully saturated rings. The molecule has 0 aliphatic heterocycles. The van der Waals surface area contributed by atoms with Crippen LogP contribution in [0.25, 0.3) is 5.32 Å². The number of carbonyl (C=O) groups is 2. The number of anilines is 1. The Kier molecular flexibility index (Phi) is 14.8. The first kappa shape index (κ1) is 32.1. The van der Waals surface area contributed by atoms with E-state index in [1.54, 1.807) is 12.1 Å². The number of para-hydroxylation sites is 1. The zero-order chi connectivity index (χ0) is 27.0. The largest absolute Gasteiger partial charge is 1.00 e. The van der Waals surface area contributed by atoms with Crippen molar-refractivity contribution in [1.82, 2.24) is 0 Å². The molecule has 38 heavy (non-hydrogen) atoms. The van der Waals surface area contributed by atoms with Gasteiger partial charge in [-0.3, -0.25) is 0 Å². The van der Waals surface area contributed by atoms with Crippen molar-refractivity contribution in [3.05, 3.63) is 143 Å². The number of carboxylic acid groups (broad SMARTS) is 2. The van der Waals surface area contributed by atoms with Gasteiger partial charge >= 0.3 is 30.8 Å². The zero-order valence-corrected chi connectivity index (χ0v) is 21.8. The van der Waals surface area contributed by atoms with Crippen LogP contribution in [0.3, 0.4) is 0 Å². The van der Waals surface area contributed by atoms with E-state index in [0.717, 1.165) is 23.9 Å². The smallest absolute Gasteiger partial charge is 0.661 e. The van der Waals surface area contributed by atoms with Gasteiger partial charge in [-0.2, -0.15) is 7.05 Å². The average Bonchev–Trinajstić information content (AvgIpc) is 2.91. The number of rotatable bonds is 7. The molecule has 4 aromatic rings. The third kappa shape index (κ3) is 11.0. The molecule has 0 amide bonds. The Bertz CT molecular complexity index is 1260. The Morgan fingerprint density at radius 3 is 1.63 bits per heavy atom. The summed E-state index contributed by atoms with van der Waals surface area (Å²) < 4.78 is 12.5. The van der Waals surface area contributed by atoms with Gasteiger partial charge in [0.25, 0.3) is 0 Å². The number of hydrogen-bond donors (Lipinski definition) is 2. The maximum atomic E-state index is 12.5. The molecular formula is C30H30FLiN2O4. The topological polar surface area (TPSA) is 91.9 Å². The van der Waals surface area contributed by atoms with Crippen LogP contribution in [0.5, 0.6) is 0 Å². The van der Waals surface area contributed by atoms with E-state index in [1.165, 1.54) is 23.8 Å². The number of carboxylic acids is 2. The second-order valence-corrected chi connectivity index (χ2v) is 7.91. The van der Waals surface area contributed by atoms with E-state index in [0.29, 0.717) is 12.1 Å². The van der Waals surface area contributed by atoms with Crippen LogP contribution in [-0.2, 0) is 13.1 Å². The molecule has 2 N–H and O–H groups in total. The first-order chi connectivity index (χ1) is 17.8. The number of hydrogen-bond acceptors (Lipinski definition) is 3. The van der Waals surface area contributed by atoms with Crippen molar-refractivity contribution in [3.8, 4) is 0 Å². The first-order valence-corrected chi connectivity index (χ1v) is 11.5. The summed E-state index contributed by atoms with van der Waals surface area (Å²) in [6.45, 7) is 1.52. The molecule has 0 atom stereocenters. The number of aromatic carboxylic acids is 2. The number of nitrogens with zero attached hydrogens (tertiary/aromatic N) is 2. The monoisotopic (exact) mass is 508 g/mol. The van der Waals surface area contributed by atoms with Crippen LogP contribution in [0.1, 0.15) is 31.8 Å². The molecular weight excluding hydrogens is 478 g/mol. The van der Waals surface area contributed by atoms with Crippen LogP contribution in [0.15, 0.2) is 109 Å². The molecule has 0 saturated carbocycles. The van der Waals surface area contributed by atoms with Gasteiger partial charge < -0.3 is 20.4 Å². The first-order valence-electron chi connectivity index (χ1n) is 11.5. The summed E-state index contributed by atoms with van der Waals surface area (Å²) in [7, 11) is 3.72. The quantitative estimate of drug-likeness (QED) is 0.371. The molecule has 0 aliphatic rings. The van der Waals surface area contributed by atoms with Crippen LogP contribution >= 0.6 is 0 Å². The summed E-state index contributed by atoms with van der Waals surface area (Å²) in [5.74, 6) is -2.83. The van der Waals surface area contributed by atoms with Crippen molar-refractivity contribution in [2.45, 2.75) is 13.1 Å². The normalized spacial score (nSPS) is 9.45. The SMILES string of the molecule is CN(Cc1ccccc1)c1ccccc1C(=O)O.C[N-]Cc1ccccc1.O=C(O)c1ccccc1F.[Li+]. The van der Waals surface area contributed by atoms with E-state index in [2.05, 4.69) is 17.4 Å². The molecule has 0 spiro atoms. The van der Waals surface area contributed by atoms with Crippen molar-refractivity contribution in [1.29, 1.82) is 0 Å². The fraction of sp³-hybridized carbons (Fsp3) is 0.133. The van der Waals surface area contributed by atoms with E-state index in [-0.39, 0.29) is 24.4 Å². The van der Waals surface area contributed by atoms with Crippen molar-refractivity contribution in [2.24, 2.45) is 0 Å². The van der Waals surface area contributed by atoms with Crippen molar-refractivity contribution < 1.29 is 43.1 Å². The van der Waals surface area contributed by atoms with Gasteiger partial charge in [0, 0.05) is 13.6 Å². The maximum absolute atomic E-state index is 12.5. The van der Waals surface area contributed by atoms with Gasteiger partial charge in [0.1, 0.15) is 5.82 Å². The molecule has 4 aromatic carbocycles. The van der Waals surface area contributed by atoms with E-state index in [9.17, 15) is 14.0 Å². The third-order valence-corrected chi connectivity index (χ3v) is 5.10. The summed E-state index contributed by atoms with van der Waals surface area (Å²) in [4.78, 5) is 23.3. The fourth-order valence-corrected chi connectivity index (χ4v) is 3.33. The van der Waals surface area contributed by atoms with Crippen molar-refractivity contribution in [2.75, 3.05) is 19.0 Å². The molecule has 0 heterocycles. The van der Waals surface area contributed by atoms with Gasteiger partial charge in [-0.05, 0) is 29.8 Å². The maximum Gasteiger partial charge on any atom is 1.00 e. The molecule has 8 heteroatoms. The Morgan fingerprint density at radius 2 is 1.16 bits per heavy atom. The molecule has 4 rings (SSSR count). The Morgan fingerprint density at radius 1 is 0.711 bits per heavy atom. The standard InChI is InChI=1S/C15H15NO2.C8H10N.C7H5FO2.Li/c1-16(11-12-7-3-2-4-8-12)14-10-6-5-9-13(14)15(17)18;1-9-7-8-5-3-2-4-6-8;8-6-4-2-1-3-5(6)7(9)10;/h2-10H,11H2,1H3,(H,17,18);2-6H,7H2,1H3;1-4H,(H,9,10);/q;-1;;+1. The Labute approximate surface area is 234 Å². The number of halogens is 1. The molecule has 0 aromatic heterocycles. The van der Waals surface area contributed by atoms with Gasteiger partial charge in [-0.15, -0.1) is 6.54 Å². The Balaban J connectivity index is 0.000000307. The summed E-state index contributed by atoms with van der Waals surface area (Å²) in [5.41, 5.74) is 3.20. The summed E-state index contributed by atoms with van der Waals surface area (Å²) in [5, 5.41) is 21.5. The molecule has 6 nitrogen and oxygen atoms in total. The van der Waals surface area contributed by atoms with Crippen LogP contribution < -0.4 is 23.8 Å². The second kappa shape index (κ2) is 17.5. The van der Waals surface area contributed by atoms with Gasteiger partial charge in [0.2, 0.25) is 0 Å². The van der Waals surface area contributed by atoms with Crippen LogP contribution in [0.4, 0.5) is 10.1 Å². The van der Waals surface area contributed by atoms with Gasteiger partial charge in [0.05, 0.1) is 16.8 Å². The van der Waals surface area contributed by atoms with Gasteiger partial charge in [0.15, 0.2) is 0 Å². The van der Waals surface area contributed by atoms with E-state index in [1.807, 2.05) is 79.7 Å². The van der Waals surface area contributed by atoms with Crippen LogP contribution in [-0.4, -0.2) is 36.2 Å². The molecule has 0 bridgehead atoms. The minimum atomic E-state index is -1.24. The fourth-order valence-electron chi connectivity index (χ4n) is 3.33. The van der Waals surface area contributed by atoms with Crippen molar-refractivity contribution >= 4 is 17.6 Å². The predicted molar refractivity (Wildman–Crippen MR) is 145 cm³/mol. The minimum Gasteiger partial charge on any atom is -0.661 e. The molecule has 0 radical (unpaired) electrons. The van der Waals surface area contributed by atoms with Gasteiger partial charge in [-0.25, -0.2) is 14.0 Å². The summed E-state index contributed by atoms with van der Waals surface area (Å²) >= 11 is 0. The van der Waals surface area contributed by atoms with Crippen LogP contribution in [0, 0.1) is 5.82 Å². The van der Waals surface area contributed by atoms with Crippen molar-refractivity contribution in [3.63, 3.8) is 0 Å². The molecule has 192 valence electrons. The van der Waals surface area contributed by atoms with Gasteiger partial charge in [-0.1, -0.05) is 90.5 Å². The van der Waals surface area contributed by atoms with E-state index < -0.39 is 17.8 Å². The van der Waals surface area contributed by atoms with E-state index >= 15 is 0 Å². The zero-order valence-electron chi connectivity index (χ0n) is 21.8. The molecule has 0 aliphatic carbocycles. The Hall–Kier alpha value is -3.89. The molecule has 0 saturated heterocycles. The average molecular weight is 509 g/mol. The molecule has 0 unspecified atom stereocenters. The number of benzene rings is 4. The predicted octanol–water partition coefficient (Wildman–Crippen LogP) is 3.74. The third-order valence-electron chi connectivity index (χ3n) is 5.10.